The number of benzene rings is 1. The topological polar surface area (TPSA) is 52.6 Å². The van der Waals surface area contributed by atoms with Crippen LogP contribution in [-0.2, 0) is 13.8 Å². The third kappa shape index (κ3) is 3.33. The number of methoxy groups -OCH3 is 1. The summed E-state index contributed by atoms with van der Waals surface area (Å²) >= 11 is 0. The van der Waals surface area contributed by atoms with Gasteiger partial charge in [0.2, 0.25) is 0 Å². The fourth-order valence-corrected chi connectivity index (χ4v) is 1.90. The summed E-state index contributed by atoms with van der Waals surface area (Å²) in [5.74, 6) is -0.757. The number of hydrogen-bond donors (Lipinski definition) is 0. The van der Waals surface area contributed by atoms with Gasteiger partial charge in [0.1, 0.15) is 16.5 Å². The molecular weight excluding hydrogens is 247 g/mol. The molecule has 0 N–H and O–H groups in total. The number of halogens is 2. The van der Waals surface area contributed by atoms with Crippen molar-refractivity contribution >= 4 is 19.7 Å². The van der Waals surface area contributed by atoms with Gasteiger partial charge in [-0.3, -0.25) is 0 Å². The Hall–Kier alpha value is -0.850. The van der Waals surface area contributed by atoms with E-state index in [1.807, 2.05) is 0 Å². The van der Waals surface area contributed by atoms with Crippen LogP contribution >= 0.6 is 10.7 Å². The van der Waals surface area contributed by atoms with Crippen LogP contribution in [0.2, 0.25) is 0 Å². The highest BCUT2D eigenvalue weighted by Gasteiger charge is 2.17. The molecule has 0 amide bonds. The Morgan fingerprint density at radius 3 is 2.67 bits per heavy atom. The molecule has 0 heterocycles. The summed E-state index contributed by atoms with van der Waals surface area (Å²) < 4.78 is 44.4. The molecule has 0 bridgehead atoms. The van der Waals surface area contributed by atoms with Crippen LogP contribution in [0, 0.1) is 5.82 Å². The van der Waals surface area contributed by atoms with E-state index >= 15 is 0 Å². The first-order chi connectivity index (χ1) is 6.95. The minimum atomic E-state index is -4.03. The second kappa shape index (κ2) is 4.78. The molecule has 0 saturated carbocycles. The maximum atomic E-state index is 12.8. The van der Waals surface area contributed by atoms with Gasteiger partial charge in [-0.15, -0.1) is 0 Å². The van der Waals surface area contributed by atoms with Crippen molar-refractivity contribution in [1.82, 2.24) is 0 Å². The van der Waals surface area contributed by atoms with E-state index in [2.05, 4.69) is 4.74 Å². The van der Waals surface area contributed by atoms with E-state index < -0.39 is 19.8 Å². The lowest BCUT2D eigenvalue weighted by atomic mass is 10.3. The van der Waals surface area contributed by atoms with Gasteiger partial charge in [0.15, 0.2) is 6.79 Å². The predicted molar refractivity (Wildman–Crippen MR) is 51.9 cm³/mol. The van der Waals surface area contributed by atoms with Gasteiger partial charge in [-0.1, -0.05) is 0 Å². The van der Waals surface area contributed by atoms with Crippen molar-refractivity contribution in [2.24, 2.45) is 0 Å². The summed E-state index contributed by atoms with van der Waals surface area (Å²) in [6, 6.07) is 3.02. The fourth-order valence-electron chi connectivity index (χ4n) is 0.914. The van der Waals surface area contributed by atoms with E-state index in [0.29, 0.717) is 0 Å². The van der Waals surface area contributed by atoms with Crippen molar-refractivity contribution in [3.05, 3.63) is 24.0 Å². The molecule has 0 aromatic heterocycles. The lowest BCUT2D eigenvalue weighted by Crippen LogP contribution is -2.03. The van der Waals surface area contributed by atoms with Gasteiger partial charge in [0.05, 0.1) is 0 Å². The summed E-state index contributed by atoms with van der Waals surface area (Å²) in [5.41, 5.74) is 0. The van der Waals surface area contributed by atoms with Crippen LogP contribution in [0.1, 0.15) is 0 Å². The van der Waals surface area contributed by atoms with Crippen LogP contribution in [0.5, 0.6) is 5.75 Å². The Labute approximate surface area is 91.0 Å². The van der Waals surface area contributed by atoms with Gasteiger partial charge in [-0.05, 0) is 18.2 Å². The standard InChI is InChI=1S/C8H8ClFO4S/c1-13-5-14-7-3-2-6(10)4-8(7)15(9,11)12/h2-4H,5H2,1H3. The molecule has 84 valence electrons. The maximum Gasteiger partial charge on any atom is 0.265 e. The van der Waals surface area contributed by atoms with Crippen LogP contribution < -0.4 is 4.74 Å². The molecular formula is C8H8ClFO4S. The number of rotatable bonds is 4. The molecule has 1 rings (SSSR count). The van der Waals surface area contributed by atoms with E-state index in [1.54, 1.807) is 0 Å². The Morgan fingerprint density at radius 2 is 2.13 bits per heavy atom. The molecule has 4 nitrogen and oxygen atoms in total. The lowest BCUT2D eigenvalue weighted by molar-refractivity contribution is 0.0490. The molecule has 7 heteroatoms. The minimum Gasteiger partial charge on any atom is -0.466 e. The molecule has 15 heavy (non-hydrogen) atoms. The first-order valence-electron chi connectivity index (χ1n) is 3.81. The molecule has 0 saturated heterocycles. The maximum absolute atomic E-state index is 12.8. The molecule has 0 radical (unpaired) electrons. The van der Waals surface area contributed by atoms with Crippen LogP contribution in [0.3, 0.4) is 0 Å². The Balaban J connectivity index is 3.15. The zero-order valence-electron chi connectivity index (χ0n) is 7.74. The molecule has 0 spiro atoms. The van der Waals surface area contributed by atoms with Crippen molar-refractivity contribution in [3.8, 4) is 5.75 Å². The second-order valence-corrected chi connectivity index (χ2v) is 5.11. The van der Waals surface area contributed by atoms with E-state index in [4.69, 9.17) is 15.4 Å². The highest BCUT2D eigenvalue weighted by Crippen LogP contribution is 2.27. The summed E-state index contributed by atoms with van der Waals surface area (Å²) in [6.07, 6.45) is 0. The molecule has 1 aromatic carbocycles. The molecule has 0 atom stereocenters. The zero-order valence-corrected chi connectivity index (χ0v) is 9.31. The first kappa shape index (κ1) is 12.2. The predicted octanol–water partition coefficient (Wildman–Crippen LogP) is 1.74. The van der Waals surface area contributed by atoms with E-state index in [9.17, 15) is 12.8 Å². The minimum absolute atomic E-state index is 0.0479. The largest absolute Gasteiger partial charge is 0.466 e. The number of hydrogen-bond acceptors (Lipinski definition) is 4. The third-order valence-corrected chi connectivity index (χ3v) is 2.84. The fraction of sp³-hybridized carbons (Fsp3) is 0.250. The van der Waals surface area contributed by atoms with Crippen molar-refractivity contribution in [2.75, 3.05) is 13.9 Å². The third-order valence-electron chi connectivity index (χ3n) is 1.50. The second-order valence-electron chi connectivity index (χ2n) is 2.58. The Bertz CT molecular complexity index is 446. The summed E-state index contributed by atoms with van der Waals surface area (Å²) in [7, 11) is 2.44. The molecule has 1 aromatic rings. The molecule has 0 aliphatic rings. The SMILES string of the molecule is COCOc1ccc(F)cc1S(=O)(=O)Cl. The molecule has 0 aliphatic heterocycles. The number of ether oxygens (including phenoxy) is 2. The van der Waals surface area contributed by atoms with Crippen molar-refractivity contribution in [3.63, 3.8) is 0 Å². The van der Waals surface area contributed by atoms with Crippen molar-refractivity contribution in [2.45, 2.75) is 4.90 Å². The Kier molecular flexibility index (Phi) is 3.90. The van der Waals surface area contributed by atoms with Gasteiger partial charge in [-0.2, -0.15) is 0 Å². The summed E-state index contributed by atoms with van der Waals surface area (Å²) in [4.78, 5) is -0.416. The van der Waals surface area contributed by atoms with Gasteiger partial charge in [0, 0.05) is 17.8 Å². The van der Waals surface area contributed by atoms with Crippen molar-refractivity contribution < 1.29 is 22.3 Å². The quantitative estimate of drug-likeness (QED) is 0.607. The van der Waals surface area contributed by atoms with Gasteiger partial charge < -0.3 is 9.47 Å². The normalized spacial score (nSPS) is 11.4. The van der Waals surface area contributed by atoms with Crippen LogP contribution in [-0.4, -0.2) is 22.3 Å². The average molecular weight is 255 g/mol. The highest BCUT2D eigenvalue weighted by atomic mass is 35.7. The van der Waals surface area contributed by atoms with Gasteiger partial charge in [0.25, 0.3) is 9.05 Å². The first-order valence-corrected chi connectivity index (χ1v) is 6.12. The summed E-state index contributed by atoms with van der Waals surface area (Å²) in [5, 5.41) is 0. The van der Waals surface area contributed by atoms with E-state index in [0.717, 1.165) is 12.1 Å². The van der Waals surface area contributed by atoms with Gasteiger partial charge in [-0.25, -0.2) is 12.8 Å². The van der Waals surface area contributed by atoms with Crippen LogP contribution in [0.4, 0.5) is 4.39 Å². The molecule has 0 fully saturated rings. The molecule has 0 unspecified atom stereocenters. The van der Waals surface area contributed by atoms with Crippen LogP contribution in [0.25, 0.3) is 0 Å². The van der Waals surface area contributed by atoms with E-state index in [-0.39, 0.29) is 12.5 Å². The van der Waals surface area contributed by atoms with E-state index in [1.165, 1.54) is 13.2 Å². The average Bonchev–Trinajstić information content (AvgIpc) is 2.14. The lowest BCUT2D eigenvalue weighted by Gasteiger charge is -2.08. The Morgan fingerprint density at radius 1 is 1.47 bits per heavy atom. The monoisotopic (exact) mass is 254 g/mol. The zero-order chi connectivity index (χ0) is 11.5. The smallest absolute Gasteiger partial charge is 0.265 e. The molecule has 0 aliphatic carbocycles. The van der Waals surface area contributed by atoms with Crippen LogP contribution in [0.15, 0.2) is 23.1 Å². The summed E-state index contributed by atoms with van der Waals surface area (Å²) in [6.45, 7) is -0.148. The van der Waals surface area contributed by atoms with Gasteiger partial charge >= 0.3 is 0 Å². The highest BCUT2D eigenvalue weighted by molar-refractivity contribution is 8.13. The van der Waals surface area contributed by atoms with Crippen molar-refractivity contribution in [1.29, 1.82) is 0 Å².